The van der Waals surface area contributed by atoms with Crippen LogP contribution in [0.2, 0.25) is 0 Å². The van der Waals surface area contributed by atoms with Crippen LogP contribution in [0, 0.1) is 10.8 Å². The number of rotatable bonds is 11. The fraction of sp³-hybridized carbons (Fsp3) is 1.00. The minimum Gasteiger partial charge on any atom is -0.303 e. The van der Waals surface area contributed by atoms with E-state index in [1.165, 1.54) is 0 Å². The molecule has 0 saturated heterocycles. The molecule has 2 N–H and O–H groups in total. The Labute approximate surface area is 144 Å². The fourth-order valence-electron chi connectivity index (χ4n) is 1.53. The van der Waals surface area contributed by atoms with Crippen molar-refractivity contribution in [3.63, 3.8) is 0 Å². The molecule has 0 aromatic carbocycles. The number of phosphoric acid groups is 1. The van der Waals surface area contributed by atoms with Crippen molar-refractivity contribution in [2.45, 2.75) is 47.5 Å². The summed E-state index contributed by atoms with van der Waals surface area (Å²) in [5, 5.41) is 0. The molecule has 0 heterocycles. The SMILES string of the molecule is CC(C)(C)CCS(=O)CCS(=O)CCC(C)(C)COP(=O)(O)O. The standard InChI is InChI=1S/C14H31O6PS2/c1-13(2,3)6-8-22(18)10-11-23(19)9-7-14(4,5)12-20-21(15,16)17/h6-12H2,1-5H3,(H2,15,16,17). The van der Waals surface area contributed by atoms with Crippen LogP contribution in [-0.4, -0.2) is 47.8 Å². The zero-order valence-electron chi connectivity index (χ0n) is 14.7. The summed E-state index contributed by atoms with van der Waals surface area (Å²) in [5.41, 5.74) is -0.320. The second-order valence-electron chi connectivity index (χ2n) is 7.69. The lowest BCUT2D eigenvalue weighted by molar-refractivity contribution is 0.127. The molecule has 9 heteroatoms. The first-order chi connectivity index (χ1) is 10.2. The van der Waals surface area contributed by atoms with Crippen LogP contribution in [-0.2, 0) is 30.7 Å². The largest absolute Gasteiger partial charge is 0.469 e. The second-order valence-corrected chi connectivity index (χ2v) is 12.3. The molecule has 0 aliphatic heterocycles. The van der Waals surface area contributed by atoms with Crippen LogP contribution in [0.4, 0.5) is 0 Å². The third kappa shape index (κ3) is 15.7. The molecule has 0 aliphatic carbocycles. The van der Waals surface area contributed by atoms with Gasteiger partial charge in [-0.25, -0.2) is 4.57 Å². The van der Waals surface area contributed by atoms with E-state index in [-0.39, 0.29) is 12.0 Å². The maximum absolute atomic E-state index is 12.0. The highest BCUT2D eigenvalue weighted by molar-refractivity contribution is 7.88. The highest BCUT2D eigenvalue weighted by atomic mass is 32.2. The summed E-state index contributed by atoms with van der Waals surface area (Å²) < 4.78 is 39.1. The van der Waals surface area contributed by atoms with Crippen LogP contribution in [0.25, 0.3) is 0 Å². The van der Waals surface area contributed by atoms with E-state index in [1.807, 2.05) is 0 Å². The summed E-state index contributed by atoms with van der Waals surface area (Å²) in [6, 6.07) is 0. The molecule has 0 amide bonds. The fourth-order valence-corrected chi connectivity index (χ4v) is 5.56. The van der Waals surface area contributed by atoms with Crippen molar-refractivity contribution in [1.82, 2.24) is 0 Å². The monoisotopic (exact) mass is 390 g/mol. The number of hydrogen-bond donors (Lipinski definition) is 2. The Morgan fingerprint density at radius 3 is 1.70 bits per heavy atom. The molecule has 0 bridgehead atoms. The molecular formula is C14H31O6PS2. The van der Waals surface area contributed by atoms with Crippen molar-refractivity contribution >= 4 is 29.4 Å². The molecule has 0 aromatic heterocycles. The smallest absolute Gasteiger partial charge is 0.303 e. The highest BCUT2D eigenvalue weighted by Crippen LogP contribution is 2.38. The molecule has 0 rings (SSSR count). The van der Waals surface area contributed by atoms with Crippen molar-refractivity contribution < 1.29 is 27.3 Å². The summed E-state index contributed by atoms with van der Waals surface area (Å²) in [4.78, 5) is 17.4. The Kier molecular flexibility index (Phi) is 9.95. The zero-order chi connectivity index (χ0) is 18.3. The second kappa shape index (κ2) is 9.78. The molecule has 0 aliphatic rings. The molecule has 2 atom stereocenters. The minimum atomic E-state index is -4.47. The van der Waals surface area contributed by atoms with Crippen molar-refractivity contribution in [3.05, 3.63) is 0 Å². The van der Waals surface area contributed by atoms with Crippen molar-refractivity contribution in [2.24, 2.45) is 10.8 Å². The van der Waals surface area contributed by atoms with Gasteiger partial charge in [-0.2, -0.15) is 0 Å². The van der Waals surface area contributed by atoms with Gasteiger partial charge in [0, 0.05) is 44.6 Å². The average molecular weight is 391 g/mol. The van der Waals surface area contributed by atoms with Crippen molar-refractivity contribution in [3.8, 4) is 0 Å². The van der Waals surface area contributed by atoms with E-state index in [0.29, 0.717) is 29.4 Å². The maximum Gasteiger partial charge on any atom is 0.469 e. The molecule has 140 valence electrons. The van der Waals surface area contributed by atoms with Gasteiger partial charge in [0.2, 0.25) is 0 Å². The molecule has 2 unspecified atom stereocenters. The van der Waals surface area contributed by atoms with Gasteiger partial charge in [-0.15, -0.1) is 0 Å². The topological polar surface area (TPSA) is 101 Å². The van der Waals surface area contributed by atoms with Gasteiger partial charge in [0.15, 0.2) is 0 Å². The quantitative estimate of drug-likeness (QED) is 0.526. The lowest BCUT2D eigenvalue weighted by atomic mass is 9.92. The van der Waals surface area contributed by atoms with Crippen LogP contribution in [0.5, 0.6) is 0 Å². The summed E-state index contributed by atoms with van der Waals surface area (Å²) >= 11 is 0. The van der Waals surface area contributed by atoms with E-state index in [1.54, 1.807) is 13.8 Å². The Morgan fingerprint density at radius 1 is 0.870 bits per heavy atom. The van der Waals surface area contributed by atoms with Crippen LogP contribution >= 0.6 is 7.82 Å². The summed E-state index contributed by atoms with van der Waals surface area (Å²) in [7, 11) is -6.50. The number of hydrogen-bond acceptors (Lipinski definition) is 4. The van der Waals surface area contributed by atoms with E-state index in [9.17, 15) is 13.0 Å². The van der Waals surface area contributed by atoms with Crippen LogP contribution in [0.3, 0.4) is 0 Å². The lowest BCUT2D eigenvalue weighted by Gasteiger charge is -2.24. The molecule has 0 fully saturated rings. The van der Waals surface area contributed by atoms with Crippen LogP contribution in [0.1, 0.15) is 47.5 Å². The van der Waals surface area contributed by atoms with Gasteiger partial charge in [0.25, 0.3) is 0 Å². The van der Waals surface area contributed by atoms with Gasteiger partial charge in [-0.1, -0.05) is 34.6 Å². The number of phosphoric ester groups is 1. The van der Waals surface area contributed by atoms with Gasteiger partial charge in [0.05, 0.1) is 6.61 Å². The first-order valence-electron chi connectivity index (χ1n) is 7.60. The average Bonchev–Trinajstić information content (AvgIpc) is 2.37. The maximum atomic E-state index is 12.0. The van der Waals surface area contributed by atoms with Gasteiger partial charge >= 0.3 is 7.82 Å². The minimum absolute atomic E-state index is 0.0913. The Hall–Kier alpha value is 0.410. The Balaban J connectivity index is 4.02. The first kappa shape index (κ1) is 23.4. The van der Waals surface area contributed by atoms with Gasteiger partial charge in [-0.3, -0.25) is 12.9 Å². The summed E-state index contributed by atoms with van der Waals surface area (Å²) in [6.45, 7) is 9.83. The molecule has 0 radical (unpaired) electrons. The van der Waals surface area contributed by atoms with Gasteiger partial charge in [-0.05, 0) is 23.7 Å². The molecule has 0 aromatic rings. The van der Waals surface area contributed by atoms with Crippen molar-refractivity contribution in [1.29, 1.82) is 0 Å². The third-order valence-corrected chi connectivity index (χ3v) is 6.61. The predicted octanol–water partition coefficient (Wildman–Crippen LogP) is 2.45. The predicted molar refractivity (Wildman–Crippen MR) is 96.2 cm³/mol. The van der Waals surface area contributed by atoms with Crippen LogP contribution < -0.4 is 0 Å². The molecule has 0 saturated carbocycles. The van der Waals surface area contributed by atoms with E-state index < -0.39 is 34.8 Å². The van der Waals surface area contributed by atoms with E-state index >= 15 is 0 Å². The first-order valence-corrected chi connectivity index (χ1v) is 12.1. The van der Waals surface area contributed by atoms with E-state index in [4.69, 9.17) is 9.79 Å². The zero-order valence-corrected chi connectivity index (χ0v) is 17.3. The normalized spacial score (nSPS) is 16.3. The molecule has 6 nitrogen and oxygen atoms in total. The molecular weight excluding hydrogens is 359 g/mol. The molecule has 0 spiro atoms. The summed E-state index contributed by atoms with van der Waals surface area (Å²) in [6.07, 6.45) is 1.40. The Morgan fingerprint density at radius 2 is 1.30 bits per heavy atom. The summed E-state index contributed by atoms with van der Waals surface area (Å²) in [5.74, 6) is 1.87. The van der Waals surface area contributed by atoms with Crippen LogP contribution in [0.15, 0.2) is 0 Å². The molecule has 23 heavy (non-hydrogen) atoms. The van der Waals surface area contributed by atoms with Gasteiger partial charge in [0.1, 0.15) is 0 Å². The van der Waals surface area contributed by atoms with Gasteiger partial charge < -0.3 is 9.79 Å². The third-order valence-electron chi connectivity index (χ3n) is 3.25. The van der Waals surface area contributed by atoms with Crippen molar-refractivity contribution in [2.75, 3.05) is 29.6 Å². The highest BCUT2D eigenvalue weighted by Gasteiger charge is 2.24. The Bertz CT molecular complexity index is 453. The van der Waals surface area contributed by atoms with E-state index in [2.05, 4.69) is 25.3 Å². The van der Waals surface area contributed by atoms with E-state index in [0.717, 1.165) is 6.42 Å². The lowest BCUT2D eigenvalue weighted by Crippen LogP contribution is -2.23.